The molecule has 176 valence electrons. The van der Waals surface area contributed by atoms with E-state index in [0.29, 0.717) is 25.8 Å². The van der Waals surface area contributed by atoms with Crippen LogP contribution in [0.25, 0.3) is 11.1 Å². The van der Waals surface area contributed by atoms with Crippen molar-refractivity contribution < 1.29 is 24.2 Å². The van der Waals surface area contributed by atoms with E-state index in [1.54, 1.807) is 0 Å². The van der Waals surface area contributed by atoms with Crippen molar-refractivity contribution in [2.24, 2.45) is 17.8 Å². The minimum absolute atomic E-state index is 0.00405. The Morgan fingerprint density at radius 1 is 0.971 bits per heavy atom. The van der Waals surface area contributed by atoms with Crippen LogP contribution >= 0.6 is 0 Å². The zero-order valence-electron chi connectivity index (χ0n) is 18.8. The molecule has 2 aromatic carbocycles. The van der Waals surface area contributed by atoms with Gasteiger partial charge in [-0.05, 0) is 47.4 Å². The first kappa shape index (κ1) is 22.2. The smallest absolute Gasteiger partial charge is 0.407 e. The number of rotatable bonds is 7. The number of hydrogen-bond donors (Lipinski definition) is 3. The molecule has 34 heavy (non-hydrogen) atoms. The fourth-order valence-electron chi connectivity index (χ4n) is 5.15. The van der Waals surface area contributed by atoms with Gasteiger partial charge in [0.2, 0.25) is 5.91 Å². The highest BCUT2D eigenvalue weighted by atomic mass is 16.5. The number of fused-ring (bicyclic) bond motifs is 3. The zero-order chi connectivity index (χ0) is 23.7. The number of benzene rings is 2. The third-order valence-corrected chi connectivity index (χ3v) is 7.12. The molecule has 1 saturated carbocycles. The lowest BCUT2D eigenvalue weighted by Gasteiger charge is -2.25. The number of amides is 2. The van der Waals surface area contributed by atoms with Crippen molar-refractivity contribution in [1.29, 1.82) is 0 Å². The first-order valence-electron chi connectivity index (χ1n) is 11.8. The molecule has 2 amide bonds. The predicted octanol–water partition coefficient (Wildman–Crippen LogP) is 3.70. The van der Waals surface area contributed by atoms with Gasteiger partial charge in [0.1, 0.15) is 6.61 Å². The van der Waals surface area contributed by atoms with Crippen molar-refractivity contribution in [2.45, 2.75) is 31.2 Å². The van der Waals surface area contributed by atoms with E-state index in [0.717, 1.165) is 11.1 Å². The molecule has 7 nitrogen and oxygen atoms in total. The van der Waals surface area contributed by atoms with Crippen molar-refractivity contribution in [3.05, 3.63) is 71.8 Å². The molecule has 0 spiro atoms. The van der Waals surface area contributed by atoms with Gasteiger partial charge in [-0.1, -0.05) is 60.7 Å². The molecule has 2 aromatic rings. The molecule has 7 heteroatoms. The van der Waals surface area contributed by atoms with Gasteiger partial charge in [-0.15, -0.1) is 0 Å². The van der Waals surface area contributed by atoms with Crippen molar-refractivity contribution >= 4 is 18.0 Å². The summed E-state index contributed by atoms with van der Waals surface area (Å²) < 4.78 is 5.62. The standard InChI is InChI=1S/C27H28N2O5/c30-25(28-14-17-13-23(17)26(31)32)16-6-5-7-18(12-16)29-27(33)34-15-24-21-10-3-1-8-19(21)20-9-2-4-11-22(20)24/h1-5,7-11,16-18,23-24H,6,12-15H2,(H,28,30)(H,29,33)(H,31,32)/t16-,17?,18-,23?/m1/s1. The lowest BCUT2D eigenvalue weighted by Crippen LogP contribution is -2.41. The minimum atomic E-state index is -0.799. The van der Waals surface area contributed by atoms with Crippen LogP contribution in [0.1, 0.15) is 36.3 Å². The Bertz CT molecular complexity index is 1100. The molecule has 0 bridgehead atoms. The molecule has 3 N–H and O–H groups in total. The zero-order valence-corrected chi connectivity index (χ0v) is 18.8. The highest BCUT2D eigenvalue weighted by molar-refractivity contribution is 5.80. The van der Waals surface area contributed by atoms with Crippen LogP contribution in [0.4, 0.5) is 4.79 Å². The van der Waals surface area contributed by atoms with E-state index in [-0.39, 0.29) is 42.2 Å². The van der Waals surface area contributed by atoms with E-state index in [9.17, 15) is 14.4 Å². The van der Waals surface area contributed by atoms with Crippen molar-refractivity contribution in [2.75, 3.05) is 13.2 Å². The Balaban J connectivity index is 1.12. The number of carbonyl (C=O) groups is 3. The lowest BCUT2D eigenvalue weighted by molar-refractivity contribution is -0.139. The maximum Gasteiger partial charge on any atom is 0.407 e. The second kappa shape index (κ2) is 9.33. The Morgan fingerprint density at radius 3 is 2.29 bits per heavy atom. The molecule has 3 aliphatic carbocycles. The maximum absolute atomic E-state index is 12.6. The Morgan fingerprint density at radius 2 is 1.65 bits per heavy atom. The number of alkyl carbamates (subject to hydrolysis) is 1. The Hall–Kier alpha value is -3.61. The number of aliphatic carboxylic acids is 1. The summed E-state index contributed by atoms with van der Waals surface area (Å²) in [5, 5.41) is 14.7. The monoisotopic (exact) mass is 460 g/mol. The van der Waals surface area contributed by atoms with Crippen molar-refractivity contribution in [3.63, 3.8) is 0 Å². The van der Waals surface area contributed by atoms with E-state index < -0.39 is 12.1 Å². The first-order valence-corrected chi connectivity index (χ1v) is 11.8. The van der Waals surface area contributed by atoms with Gasteiger partial charge in [0.15, 0.2) is 0 Å². The van der Waals surface area contributed by atoms with Gasteiger partial charge in [-0.2, -0.15) is 0 Å². The van der Waals surface area contributed by atoms with E-state index in [2.05, 4.69) is 34.9 Å². The number of nitrogens with one attached hydrogen (secondary N) is 2. The lowest BCUT2D eigenvalue weighted by atomic mass is 9.90. The van der Waals surface area contributed by atoms with Gasteiger partial charge in [0.05, 0.1) is 12.0 Å². The molecule has 4 atom stereocenters. The fourth-order valence-corrected chi connectivity index (χ4v) is 5.15. The second-order valence-corrected chi connectivity index (χ2v) is 9.36. The van der Waals surface area contributed by atoms with Crippen LogP contribution in [-0.4, -0.2) is 42.3 Å². The molecule has 0 heterocycles. The summed E-state index contributed by atoms with van der Waals surface area (Å²) in [6, 6.07) is 16.1. The molecule has 0 saturated heterocycles. The molecule has 1 fully saturated rings. The highest BCUT2D eigenvalue weighted by Crippen LogP contribution is 2.44. The summed E-state index contributed by atoms with van der Waals surface area (Å²) in [6.07, 6.45) is 5.00. The van der Waals surface area contributed by atoms with E-state index in [4.69, 9.17) is 9.84 Å². The van der Waals surface area contributed by atoms with Gasteiger partial charge in [-0.25, -0.2) is 4.79 Å². The normalized spacial score (nSPS) is 24.6. The first-order chi connectivity index (χ1) is 16.5. The maximum atomic E-state index is 12.6. The molecular formula is C27H28N2O5. The molecule has 5 rings (SSSR count). The summed E-state index contributed by atoms with van der Waals surface area (Å²) in [5.74, 6) is -1.47. The van der Waals surface area contributed by atoms with Gasteiger partial charge in [0.25, 0.3) is 0 Å². The quantitative estimate of drug-likeness (QED) is 0.547. The van der Waals surface area contributed by atoms with Gasteiger partial charge in [0, 0.05) is 18.4 Å². The van der Waals surface area contributed by atoms with Crippen LogP contribution in [0.15, 0.2) is 60.7 Å². The predicted molar refractivity (Wildman–Crippen MR) is 126 cm³/mol. The van der Waals surface area contributed by atoms with Crippen molar-refractivity contribution in [1.82, 2.24) is 10.6 Å². The van der Waals surface area contributed by atoms with Crippen LogP contribution in [0.3, 0.4) is 0 Å². The number of allylic oxidation sites excluding steroid dienone is 1. The summed E-state index contributed by atoms with van der Waals surface area (Å²) >= 11 is 0. The fraction of sp³-hybridized carbons (Fsp3) is 0.370. The number of ether oxygens (including phenoxy) is 1. The summed E-state index contributed by atoms with van der Waals surface area (Å²) in [6.45, 7) is 0.632. The van der Waals surface area contributed by atoms with E-state index >= 15 is 0 Å². The van der Waals surface area contributed by atoms with E-state index in [1.165, 1.54) is 11.1 Å². The van der Waals surface area contributed by atoms with Gasteiger partial charge in [-0.3, -0.25) is 9.59 Å². The SMILES string of the molecule is O=C(N[C@@H]1C=CC[C@@H](C(=O)NCC2CC2C(=O)O)C1)OCC1c2ccccc2-c2ccccc21. The average molecular weight is 461 g/mol. The van der Waals surface area contributed by atoms with Gasteiger partial charge < -0.3 is 20.5 Å². The third kappa shape index (κ3) is 4.55. The number of carboxylic acids is 1. The van der Waals surface area contributed by atoms with Crippen LogP contribution in [0.5, 0.6) is 0 Å². The summed E-state index contributed by atoms with van der Waals surface area (Å²) in [4.78, 5) is 36.1. The summed E-state index contributed by atoms with van der Waals surface area (Å²) in [7, 11) is 0. The molecule has 3 aliphatic rings. The highest BCUT2D eigenvalue weighted by Gasteiger charge is 2.43. The van der Waals surface area contributed by atoms with Gasteiger partial charge >= 0.3 is 12.1 Å². The average Bonchev–Trinajstić information content (AvgIpc) is 3.57. The largest absolute Gasteiger partial charge is 0.481 e. The topological polar surface area (TPSA) is 105 Å². The second-order valence-electron chi connectivity index (χ2n) is 9.36. The van der Waals surface area contributed by atoms with Crippen LogP contribution in [0, 0.1) is 17.8 Å². The molecule has 0 radical (unpaired) electrons. The molecular weight excluding hydrogens is 432 g/mol. The van der Waals surface area contributed by atoms with Crippen LogP contribution < -0.4 is 10.6 Å². The minimum Gasteiger partial charge on any atom is -0.481 e. The number of hydrogen-bond acceptors (Lipinski definition) is 4. The van der Waals surface area contributed by atoms with E-state index in [1.807, 2.05) is 36.4 Å². The summed E-state index contributed by atoms with van der Waals surface area (Å²) in [5.41, 5.74) is 4.67. The molecule has 0 aliphatic heterocycles. The Kier molecular flexibility index (Phi) is 6.09. The number of carbonyl (C=O) groups excluding carboxylic acids is 2. The van der Waals surface area contributed by atoms with Crippen LogP contribution in [-0.2, 0) is 14.3 Å². The molecule has 2 unspecified atom stereocenters. The Labute approximate surface area is 198 Å². The van der Waals surface area contributed by atoms with Crippen molar-refractivity contribution in [3.8, 4) is 11.1 Å². The number of carboxylic acid groups (broad SMARTS) is 1. The molecule has 0 aromatic heterocycles. The third-order valence-electron chi connectivity index (χ3n) is 7.12. The van der Waals surface area contributed by atoms with Crippen LogP contribution in [0.2, 0.25) is 0 Å².